The largest absolute Gasteiger partial charge is 0.480 e. The molecule has 5 heteroatoms. The zero-order chi connectivity index (χ0) is 12.3. The minimum atomic E-state index is -1.03. The number of carboxylic acid groups (broad SMARTS) is 1. The van der Waals surface area contributed by atoms with Crippen molar-refractivity contribution in [1.29, 1.82) is 0 Å². The van der Waals surface area contributed by atoms with Crippen LogP contribution in [0.5, 0.6) is 0 Å². The first-order valence-electron chi connectivity index (χ1n) is 6.27. The van der Waals surface area contributed by atoms with Gasteiger partial charge in [0.2, 0.25) is 5.91 Å². The molecule has 1 aliphatic carbocycles. The molecule has 1 amide bonds. The summed E-state index contributed by atoms with van der Waals surface area (Å²) in [5, 5.41) is 8.44. The van der Waals surface area contributed by atoms with Crippen LogP contribution in [0.3, 0.4) is 0 Å². The molecule has 2 aliphatic rings. The van der Waals surface area contributed by atoms with Crippen LogP contribution >= 0.6 is 0 Å². The Hall–Kier alpha value is -1.10. The highest BCUT2D eigenvalue weighted by atomic mass is 16.5. The van der Waals surface area contributed by atoms with Crippen molar-refractivity contribution >= 4 is 11.9 Å². The molecule has 2 fully saturated rings. The van der Waals surface area contributed by atoms with Gasteiger partial charge in [0.1, 0.15) is 13.2 Å². The van der Waals surface area contributed by atoms with E-state index in [1.807, 2.05) is 4.90 Å². The Morgan fingerprint density at radius 2 is 1.94 bits per heavy atom. The number of nitrogens with zero attached hydrogens (tertiary/aromatic N) is 1. The fourth-order valence-corrected chi connectivity index (χ4v) is 3.07. The second-order valence-electron chi connectivity index (χ2n) is 4.87. The molecule has 2 atom stereocenters. The summed E-state index contributed by atoms with van der Waals surface area (Å²) in [6.45, 7) is 0.305. The molecule has 1 saturated carbocycles. The van der Waals surface area contributed by atoms with Gasteiger partial charge in [0.05, 0.1) is 0 Å². The number of rotatable bonds is 4. The van der Waals surface area contributed by atoms with Crippen molar-refractivity contribution in [1.82, 2.24) is 4.90 Å². The number of likely N-dealkylation sites (tertiary alicyclic amines) is 1. The molecule has 0 bridgehead atoms. The van der Waals surface area contributed by atoms with E-state index in [2.05, 4.69) is 0 Å². The third-order valence-electron chi connectivity index (χ3n) is 3.76. The topological polar surface area (TPSA) is 66.8 Å². The van der Waals surface area contributed by atoms with Crippen molar-refractivity contribution in [2.45, 2.75) is 38.1 Å². The van der Waals surface area contributed by atoms with Crippen LogP contribution in [0.2, 0.25) is 0 Å². The number of carbonyl (C=O) groups excluding carboxylic acids is 1. The molecule has 0 aromatic carbocycles. The Morgan fingerprint density at radius 3 is 2.71 bits per heavy atom. The molecule has 96 valence electrons. The van der Waals surface area contributed by atoms with Gasteiger partial charge in [-0.25, -0.2) is 4.79 Å². The minimum absolute atomic E-state index is 0.0529. The standard InChI is InChI=1S/C12H19NO4/c14-11(7-17-8-12(15)16)13-6-2-4-9-3-1-5-10(9)13/h9-10H,1-8H2,(H,15,16). The van der Waals surface area contributed by atoms with Gasteiger partial charge >= 0.3 is 5.97 Å². The van der Waals surface area contributed by atoms with Gasteiger partial charge in [-0.1, -0.05) is 6.42 Å². The number of fused-ring (bicyclic) bond motifs is 1. The SMILES string of the molecule is O=C(O)COCC(=O)N1CCCC2CCCC21. The van der Waals surface area contributed by atoms with Gasteiger partial charge in [0.15, 0.2) is 0 Å². The van der Waals surface area contributed by atoms with Crippen LogP contribution in [0.15, 0.2) is 0 Å². The summed E-state index contributed by atoms with van der Waals surface area (Å²) >= 11 is 0. The number of carboxylic acids is 1. The third kappa shape index (κ3) is 2.97. The number of carbonyl (C=O) groups is 2. The predicted molar refractivity (Wildman–Crippen MR) is 60.5 cm³/mol. The smallest absolute Gasteiger partial charge is 0.329 e. The number of ether oxygens (including phenoxy) is 1. The van der Waals surface area contributed by atoms with Gasteiger partial charge in [-0.05, 0) is 31.6 Å². The van der Waals surface area contributed by atoms with E-state index in [1.165, 1.54) is 19.3 Å². The van der Waals surface area contributed by atoms with E-state index in [0.717, 1.165) is 19.4 Å². The first-order chi connectivity index (χ1) is 8.18. The average molecular weight is 241 g/mol. The maximum absolute atomic E-state index is 11.9. The zero-order valence-corrected chi connectivity index (χ0v) is 9.93. The first kappa shape index (κ1) is 12.4. The van der Waals surface area contributed by atoms with Crippen LogP contribution in [0.25, 0.3) is 0 Å². The molecule has 1 heterocycles. The van der Waals surface area contributed by atoms with E-state index in [-0.39, 0.29) is 12.5 Å². The molecular formula is C12H19NO4. The fourth-order valence-electron chi connectivity index (χ4n) is 3.07. The first-order valence-corrected chi connectivity index (χ1v) is 6.27. The maximum Gasteiger partial charge on any atom is 0.329 e. The van der Waals surface area contributed by atoms with E-state index < -0.39 is 12.6 Å². The van der Waals surface area contributed by atoms with Crippen LogP contribution in [0.4, 0.5) is 0 Å². The maximum atomic E-state index is 11.9. The van der Waals surface area contributed by atoms with Gasteiger partial charge in [0, 0.05) is 12.6 Å². The van der Waals surface area contributed by atoms with Crippen molar-refractivity contribution in [3.8, 4) is 0 Å². The summed E-state index contributed by atoms with van der Waals surface area (Å²) < 4.78 is 4.87. The van der Waals surface area contributed by atoms with Crippen molar-refractivity contribution in [3.05, 3.63) is 0 Å². The molecular weight excluding hydrogens is 222 g/mol. The van der Waals surface area contributed by atoms with Crippen molar-refractivity contribution in [3.63, 3.8) is 0 Å². The average Bonchev–Trinajstić information content (AvgIpc) is 2.75. The van der Waals surface area contributed by atoms with Crippen molar-refractivity contribution in [2.75, 3.05) is 19.8 Å². The van der Waals surface area contributed by atoms with Gasteiger partial charge < -0.3 is 14.7 Å². The number of hydrogen-bond donors (Lipinski definition) is 1. The summed E-state index contributed by atoms with van der Waals surface area (Å²) in [5.41, 5.74) is 0. The number of aliphatic carboxylic acids is 1. The Bertz CT molecular complexity index is 305. The molecule has 0 radical (unpaired) electrons. The molecule has 2 unspecified atom stereocenters. The lowest BCUT2D eigenvalue weighted by Crippen LogP contribution is -2.47. The molecule has 1 aliphatic heterocycles. The molecule has 17 heavy (non-hydrogen) atoms. The van der Waals surface area contributed by atoms with E-state index in [0.29, 0.717) is 12.0 Å². The van der Waals surface area contributed by atoms with E-state index >= 15 is 0 Å². The van der Waals surface area contributed by atoms with Crippen LogP contribution < -0.4 is 0 Å². The van der Waals surface area contributed by atoms with Crippen LogP contribution in [-0.2, 0) is 14.3 Å². The van der Waals surface area contributed by atoms with Gasteiger partial charge in [0.25, 0.3) is 0 Å². The van der Waals surface area contributed by atoms with Crippen molar-refractivity contribution < 1.29 is 19.4 Å². The second kappa shape index (κ2) is 5.49. The number of amides is 1. The van der Waals surface area contributed by atoms with Crippen LogP contribution in [0.1, 0.15) is 32.1 Å². The molecule has 1 N–H and O–H groups in total. The fraction of sp³-hybridized carbons (Fsp3) is 0.833. The molecule has 0 spiro atoms. The Morgan fingerprint density at radius 1 is 1.18 bits per heavy atom. The van der Waals surface area contributed by atoms with Gasteiger partial charge in [-0.15, -0.1) is 0 Å². The predicted octanol–water partition coefficient (Wildman–Crippen LogP) is 0.879. The van der Waals surface area contributed by atoms with E-state index in [4.69, 9.17) is 9.84 Å². The molecule has 0 aromatic heterocycles. The molecule has 2 rings (SSSR count). The number of piperidine rings is 1. The Balaban J connectivity index is 1.83. The lowest BCUT2D eigenvalue weighted by molar-refractivity contribution is -0.147. The molecule has 1 saturated heterocycles. The summed E-state index contributed by atoms with van der Waals surface area (Å²) in [4.78, 5) is 24.1. The lowest BCUT2D eigenvalue weighted by Gasteiger charge is -2.37. The van der Waals surface area contributed by atoms with E-state index in [9.17, 15) is 9.59 Å². The molecule has 0 aromatic rings. The van der Waals surface area contributed by atoms with Gasteiger partial charge in [-0.3, -0.25) is 4.79 Å². The Kier molecular flexibility index (Phi) is 3.99. The summed E-state index contributed by atoms with van der Waals surface area (Å²) in [6.07, 6.45) is 5.81. The summed E-state index contributed by atoms with van der Waals surface area (Å²) in [6, 6.07) is 0.379. The van der Waals surface area contributed by atoms with Crippen LogP contribution in [0, 0.1) is 5.92 Å². The molecule has 5 nitrogen and oxygen atoms in total. The highest BCUT2D eigenvalue weighted by Gasteiger charge is 2.37. The summed E-state index contributed by atoms with van der Waals surface area (Å²) in [7, 11) is 0. The summed E-state index contributed by atoms with van der Waals surface area (Å²) in [5.74, 6) is -0.426. The van der Waals surface area contributed by atoms with Crippen LogP contribution in [-0.4, -0.2) is 47.7 Å². The Labute approximate surface area is 101 Å². The zero-order valence-electron chi connectivity index (χ0n) is 9.93. The monoisotopic (exact) mass is 241 g/mol. The minimum Gasteiger partial charge on any atom is -0.480 e. The quantitative estimate of drug-likeness (QED) is 0.793. The highest BCUT2D eigenvalue weighted by Crippen LogP contribution is 2.36. The lowest BCUT2D eigenvalue weighted by atomic mass is 9.92. The van der Waals surface area contributed by atoms with Gasteiger partial charge in [-0.2, -0.15) is 0 Å². The second-order valence-corrected chi connectivity index (χ2v) is 4.87. The van der Waals surface area contributed by atoms with Crippen molar-refractivity contribution in [2.24, 2.45) is 5.92 Å². The third-order valence-corrected chi connectivity index (χ3v) is 3.76. The number of hydrogen-bond acceptors (Lipinski definition) is 3. The highest BCUT2D eigenvalue weighted by molar-refractivity contribution is 5.78. The normalized spacial score (nSPS) is 27.9. The van der Waals surface area contributed by atoms with E-state index in [1.54, 1.807) is 0 Å².